The summed E-state index contributed by atoms with van der Waals surface area (Å²) >= 11 is 0. The van der Waals surface area contributed by atoms with E-state index in [2.05, 4.69) is 30.7 Å². The number of ether oxygens (including phenoxy) is 2. The van der Waals surface area contributed by atoms with Gasteiger partial charge in [0.15, 0.2) is 12.4 Å². The van der Waals surface area contributed by atoms with Gasteiger partial charge in [-0.1, -0.05) is 12.1 Å². The molecule has 0 saturated heterocycles. The summed E-state index contributed by atoms with van der Waals surface area (Å²) in [5, 5.41) is 10.4. The number of nitrogens with zero attached hydrogens (tertiary/aromatic N) is 5. The molecule has 0 spiro atoms. The average Bonchev–Trinajstić information content (AvgIpc) is 3.40. The Hall–Kier alpha value is -4.35. The van der Waals surface area contributed by atoms with Crippen LogP contribution in [-0.2, 0) is 27.4 Å². The lowest BCUT2D eigenvalue weighted by atomic mass is 9.86. The molecule has 1 aliphatic carbocycles. The molecule has 2 heterocycles. The van der Waals surface area contributed by atoms with Gasteiger partial charge in [-0.15, -0.1) is 5.10 Å². The summed E-state index contributed by atoms with van der Waals surface area (Å²) in [6, 6.07) is 9.15. The van der Waals surface area contributed by atoms with Gasteiger partial charge in [-0.3, -0.25) is 19.1 Å². The molecule has 0 atom stereocenters. The highest BCUT2D eigenvalue weighted by atomic mass is 16.5. The Labute approximate surface area is 226 Å². The van der Waals surface area contributed by atoms with Crippen molar-refractivity contribution >= 4 is 17.8 Å². The van der Waals surface area contributed by atoms with E-state index < -0.39 is 5.97 Å². The summed E-state index contributed by atoms with van der Waals surface area (Å²) in [6.07, 6.45) is 5.22. The highest BCUT2D eigenvalue weighted by Crippen LogP contribution is 2.26. The topological polar surface area (TPSA) is 150 Å². The van der Waals surface area contributed by atoms with E-state index in [0.29, 0.717) is 36.4 Å². The van der Waals surface area contributed by atoms with Gasteiger partial charge in [0.2, 0.25) is 0 Å². The van der Waals surface area contributed by atoms with Crippen LogP contribution in [0, 0.1) is 12.8 Å². The van der Waals surface area contributed by atoms with Crippen molar-refractivity contribution in [3.05, 3.63) is 53.7 Å². The third-order valence-corrected chi connectivity index (χ3v) is 6.49. The molecular formula is C27H33N7O5. The van der Waals surface area contributed by atoms with Crippen LogP contribution in [0.1, 0.15) is 54.5 Å². The van der Waals surface area contributed by atoms with E-state index in [4.69, 9.17) is 9.47 Å². The van der Waals surface area contributed by atoms with Crippen LogP contribution in [0.15, 0.2) is 36.7 Å². The maximum Gasteiger partial charge on any atom is 0.303 e. The minimum Gasteiger partial charge on any atom is -0.497 e. The van der Waals surface area contributed by atoms with Crippen molar-refractivity contribution in [3.8, 4) is 17.3 Å². The van der Waals surface area contributed by atoms with Crippen molar-refractivity contribution < 1.29 is 23.9 Å². The molecule has 3 aromatic rings. The number of amides is 2. The number of hydrogen-bond acceptors (Lipinski definition) is 9. The summed E-state index contributed by atoms with van der Waals surface area (Å²) in [7, 11) is 1.60. The fraction of sp³-hybridized carbons (Fsp3) is 0.444. The molecule has 0 aliphatic heterocycles. The lowest BCUT2D eigenvalue weighted by Crippen LogP contribution is -2.40. The number of nitrogens with one attached hydrogen (secondary N) is 2. The van der Waals surface area contributed by atoms with Crippen molar-refractivity contribution in [2.24, 2.45) is 5.92 Å². The van der Waals surface area contributed by atoms with Crippen LogP contribution in [0.2, 0.25) is 0 Å². The lowest BCUT2D eigenvalue weighted by molar-refractivity contribution is -0.146. The second-order valence-corrected chi connectivity index (χ2v) is 9.58. The van der Waals surface area contributed by atoms with E-state index in [0.717, 1.165) is 37.0 Å². The fourth-order valence-electron chi connectivity index (χ4n) is 4.54. The number of benzene rings is 1. The van der Waals surface area contributed by atoms with Crippen LogP contribution in [0.5, 0.6) is 5.75 Å². The summed E-state index contributed by atoms with van der Waals surface area (Å²) in [4.78, 5) is 48.7. The quantitative estimate of drug-likeness (QED) is 0.373. The molecule has 1 saturated carbocycles. The van der Waals surface area contributed by atoms with Crippen LogP contribution in [0.25, 0.3) is 11.5 Å². The van der Waals surface area contributed by atoms with Crippen LogP contribution in [0.3, 0.4) is 0 Å². The Bertz CT molecular complexity index is 1320. The summed E-state index contributed by atoms with van der Waals surface area (Å²) in [5.41, 5.74) is 1.63. The first kappa shape index (κ1) is 27.7. The van der Waals surface area contributed by atoms with Crippen LogP contribution in [-0.4, -0.2) is 62.3 Å². The second kappa shape index (κ2) is 12.9. The molecule has 2 N–H and O–H groups in total. The number of rotatable bonds is 10. The van der Waals surface area contributed by atoms with Crippen molar-refractivity contribution in [1.29, 1.82) is 0 Å². The van der Waals surface area contributed by atoms with Gasteiger partial charge in [-0.2, -0.15) is 0 Å². The Morgan fingerprint density at radius 1 is 1.10 bits per heavy atom. The smallest absolute Gasteiger partial charge is 0.303 e. The first-order valence-electron chi connectivity index (χ1n) is 12.9. The van der Waals surface area contributed by atoms with Gasteiger partial charge in [-0.25, -0.2) is 15.0 Å². The highest BCUT2D eigenvalue weighted by molar-refractivity contribution is 5.93. The predicted molar refractivity (Wildman–Crippen MR) is 140 cm³/mol. The Morgan fingerprint density at radius 3 is 2.64 bits per heavy atom. The van der Waals surface area contributed by atoms with E-state index in [1.807, 2.05) is 24.3 Å². The van der Waals surface area contributed by atoms with Crippen LogP contribution < -0.4 is 15.4 Å². The fourth-order valence-corrected chi connectivity index (χ4v) is 4.54. The molecule has 39 heavy (non-hydrogen) atoms. The maximum atomic E-state index is 12.8. The molecule has 4 rings (SSSR count). The van der Waals surface area contributed by atoms with Crippen LogP contribution in [0.4, 0.5) is 0 Å². The first-order chi connectivity index (χ1) is 18.8. The number of carbonyl (C=O) groups excluding carboxylic acids is 3. The predicted octanol–water partition coefficient (Wildman–Crippen LogP) is 2.22. The minimum absolute atomic E-state index is 0.0769. The Morgan fingerprint density at radius 2 is 1.90 bits per heavy atom. The molecule has 1 aromatic carbocycles. The van der Waals surface area contributed by atoms with Gasteiger partial charge < -0.3 is 20.1 Å². The lowest BCUT2D eigenvalue weighted by Gasteiger charge is -2.28. The van der Waals surface area contributed by atoms with E-state index in [1.165, 1.54) is 6.92 Å². The molecule has 1 aliphatic rings. The van der Waals surface area contributed by atoms with Gasteiger partial charge in [0.25, 0.3) is 11.8 Å². The van der Waals surface area contributed by atoms with E-state index >= 15 is 0 Å². The molecule has 0 bridgehead atoms. The minimum atomic E-state index is -0.470. The molecule has 12 heteroatoms. The largest absolute Gasteiger partial charge is 0.497 e. The van der Waals surface area contributed by atoms with Crippen LogP contribution >= 0.6 is 0 Å². The molecular weight excluding hydrogens is 502 g/mol. The van der Waals surface area contributed by atoms with Crippen molar-refractivity contribution in [2.75, 3.05) is 13.7 Å². The zero-order valence-corrected chi connectivity index (χ0v) is 22.3. The van der Waals surface area contributed by atoms with Gasteiger partial charge in [0, 0.05) is 26.1 Å². The molecule has 0 unspecified atom stereocenters. The van der Waals surface area contributed by atoms with Crippen molar-refractivity contribution in [1.82, 2.24) is 35.4 Å². The standard InChI is InChI=1S/C27H33N7O5/c1-17-30-23(12-24(31-17)27(37)28-13-20-5-4-6-22(11-20)38-3)26-29-16-34(33-26)14-19-7-9-21(10-8-19)32-25(36)15-39-18(2)35/h4-6,11-12,16,19,21H,7-10,13-15H2,1-3H3,(H,28,37)(H,32,36). The maximum absolute atomic E-state index is 12.8. The van der Waals surface area contributed by atoms with Gasteiger partial charge in [0.1, 0.15) is 29.3 Å². The molecule has 2 aromatic heterocycles. The molecule has 206 valence electrons. The van der Waals surface area contributed by atoms with Gasteiger partial charge in [-0.05, 0) is 62.3 Å². The zero-order chi connectivity index (χ0) is 27.8. The zero-order valence-electron chi connectivity index (χ0n) is 22.3. The van der Waals surface area contributed by atoms with E-state index in [1.54, 1.807) is 31.1 Å². The summed E-state index contributed by atoms with van der Waals surface area (Å²) in [5.74, 6) is 0.926. The number of carbonyl (C=O) groups is 3. The monoisotopic (exact) mass is 535 g/mol. The molecule has 1 fully saturated rings. The van der Waals surface area contributed by atoms with E-state index in [-0.39, 0.29) is 30.2 Å². The molecule has 0 radical (unpaired) electrons. The molecule has 12 nitrogen and oxygen atoms in total. The van der Waals surface area contributed by atoms with Crippen molar-refractivity contribution in [3.63, 3.8) is 0 Å². The number of esters is 1. The SMILES string of the molecule is COc1cccc(CNC(=O)c2cc(-c3ncn(CC4CCC(NC(=O)COC(C)=O)CC4)n3)nc(C)n2)c1. The van der Waals surface area contributed by atoms with Gasteiger partial charge in [0.05, 0.1) is 7.11 Å². The highest BCUT2D eigenvalue weighted by Gasteiger charge is 2.23. The van der Waals surface area contributed by atoms with Gasteiger partial charge >= 0.3 is 5.97 Å². The Kier molecular flexibility index (Phi) is 9.18. The number of aromatic nitrogens is 5. The molecule has 2 amide bonds. The number of hydrogen-bond donors (Lipinski definition) is 2. The Balaban J connectivity index is 1.31. The average molecular weight is 536 g/mol. The third kappa shape index (κ3) is 8.06. The van der Waals surface area contributed by atoms with E-state index in [9.17, 15) is 14.4 Å². The third-order valence-electron chi connectivity index (χ3n) is 6.49. The first-order valence-corrected chi connectivity index (χ1v) is 12.9. The normalized spacial score (nSPS) is 16.8. The second-order valence-electron chi connectivity index (χ2n) is 9.58. The number of aryl methyl sites for hydroxylation is 1. The summed E-state index contributed by atoms with van der Waals surface area (Å²) < 4.78 is 11.8. The summed E-state index contributed by atoms with van der Waals surface area (Å²) in [6.45, 7) is 3.78. The van der Waals surface area contributed by atoms with Crippen molar-refractivity contribution in [2.45, 2.75) is 58.7 Å². The number of methoxy groups -OCH3 is 1.